The van der Waals surface area contributed by atoms with Crippen molar-refractivity contribution in [1.82, 2.24) is 0 Å². The molecule has 2 heteroatoms. The van der Waals surface area contributed by atoms with Gasteiger partial charge in [-0.2, -0.15) is 0 Å². The van der Waals surface area contributed by atoms with Gasteiger partial charge in [0.25, 0.3) is 0 Å². The highest BCUT2D eigenvalue weighted by molar-refractivity contribution is 4.63. The number of hydrogen-bond acceptors (Lipinski definition) is 1. The SMILES string of the molecule is CCC(F)C(C)N. The minimum absolute atomic E-state index is 0.301. The van der Waals surface area contributed by atoms with E-state index in [0.29, 0.717) is 6.42 Å². The Balaban J connectivity index is 3.14. The molecule has 0 amide bonds. The summed E-state index contributed by atoms with van der Waals surface area (Å²) in [4.78, 5) is 0. The van der Waals surface area contributed by atoms with Crippen molar-refractivity contribution in [3.63, 3.8) is 0 Å². The van der Waals surface area contributed by atoms with Crippen LogP contribution >= 0.6 is 0 Å². The normalized spacial score (nSPS) is 18.9. The van der Waals surface area contributed by atoms with E-state index in [1.807, 2.05) is 0 Å². The molecule has 0 aromatic carbocycles. The Morgan fingerprint density at radius 3 is 2.14 bits per heavy atom. The quantitative estimate of drug-likeness (QED) is 0.558. The minimum atomic E-state index is -0.819. The Bertz CT molecular complexity index is 45.3. The van der Waals surface area contributed by atoms with Crippen LogP contribution in [-0.4, -0.2) is 12.2 Å². The summed E-state index contributed by atoms with van der Waals surface area (Å²) in [5.74, 6) is 0. The number of alkyl halides is 1. The topological polar surface area (TPSA) is 26.0 Å². The largest absolute Gasteiger partial charge is 0.325 e. The Morgan fingerprint density at radius 1 is 1.71 bits per heavy atom. The molecule has 0 aliphatic heterocycles. The van der Waals surface area contributed by atoms with Crippen molar-refractivity contribution in [2.24, 2.45) is 5.73 Å². The lowest BCUT2D eigenvalue weighted by Crippen LogP contribution is -2.26. The van der Waals surface area contributed by atoms with Crippen LogP contribution in [0.25, 0.3) is 0 Å². The van der Waals surface area contributed by atoms with Gasteiger partial charge in [0.05, 0.1) is 0 Å². The van der Waals surface area contributed by atoms with Gasteiger partial charge in [0, 0.05) is 6.04 Å². The zero-order chi connectivity index (χ0) is 5.86. The zero-order valence-electron chi connectivity index (χ0n) is 4.82. The highest BCUT2D eigenvalue weighted by Gasteiger charge is 2.06. The standard InChI is InChI=1S/C5H12FN/c1-3-5(6)4(2)7/h4-5H,3,7H2,1-2H3. The lowest BCUT2D eigenvalue weighted by molar-refractivity contribution is 0.284. The molecule has 0 aromatic heterocycles. The first-order valence-corrected chi connectivity index (χ1v) is 2.58. The van der Waals surface area contributed by atoms with Gasteiger partial charge in [-0.05, 0) is 13.3 Å². The number of hydrogen-bond donors (Lipinski definition) is 1. The molecule has 0 saturated heterocycles. The summed E-state index contributed by atoms with van der Waals surface area (Å²) in [5, 5.41) is 0. The molecule has 0 rings (SSSR count). The molecule has 0 saturated carbocycles. The van der Waals surface area contributed by atoms with E-state index < -0.39 is 6.17 Å². The summed E-state index contributed by atoms with van der Waals surface area (Å²) in [5.41, 5.74) is 5.17. The van der Waals surface area contributed by atoms with E-state index >= 15 is 0 Å². The molecule has 0 aliphatic carbocycles. The maximum absolute atomic E-state index is 12.1. The molecule has 2 unspecified atom stereocenters. The second-order valence-electron chi connectivity index (χ2n) is 1.78. The van der Waals surface area contributed by atoms with Crippen LogP contribution < -0.4 is 5.73 Å². The third-order valence-corrected chi connectivity index (χ3v) is 0.961. The highest BCUT2D eigenvalue weighted by Crippen LogP contribution is 1.98. The van der Waals surface area contributed by atoms with Crippen LogP contribution in [0.15, 0.2) is 0 Å². The predicted molar refractivity (Wildman–Crippen MR) is 28.8 cm³/mol. The maximum Gasteiger partial charge on any atom is 0.115 e. The van der Waals surface area contributed by atoms with Crippen LogP contribution in [0, 0.1) is 0 Å². The molecule has 0 spiro atoms. The number of rotatable bonds is 2. The van der Waals surface area contributed by atoms with E-state index in [2.05, 4.69) is 0 Å². The smallest absolute Gasteiger partial charge is 0.115 e. The first kappa shape index (κ1) is 6.89. The lowest BCUT2D eigenvalue weighted by Gasteiger charge is -2.06. The van der Waals surface area contributed by atoms with Crippen LogP contribution in [-0.2, 0) is 0 Å². The van der Waals surface area contributed by atoms with Crippen LogP contribution in [0.3, 0.4) is 0 Å². The van der Waals surface area contributed by atoms with Crippen molar-refractivity contribution in [2.45, 2.75) is 32.5 Å². The van der Waals surface area contributed by atoms with Crippen molar-refractivity contribution in [1.29, 1.82) is 0 Å². The fourth-order valence-corrected chi connectivity index (χ4v) is 0.372. The van der Waals surface area contributed by atoms with Crippen LogP contribution in [0.4, 0.5) is 4.39 Å². The first-order chi connectivity index (χ1) is 3.18. The van der Waals surface area contributed by atoms with Crippen LogP contribution in [0.1, 0.15) is 20.3 Å². The fraction of sp³-hybridized carbons (Fsp3) is 1.00. The number of halogens is 1. The second kappa shape index (κ2) is 2.97. The molecule has 0 fully saturated rings. The molecule has 0 aromatic rings. The Labute approximate surface area is 43.7 Å². The van der Waals surface area contributed by atoms with Crippen molar-refractivity contribution < 1.29 is 4.39 Å². The zero-order valence-corrected chi connectivity index (χ0v) is 4.82. The van der Waals surface area contributed by atoms with E-state index in [1.54, 1.807) is 13.8 Å². The van der Waals surface area contributed by atoms with Gasteiger partial charge < -0.3 is 5.73 Å². The van der Waals surface area contributed by atoms with Crippen LogP contribution in [0.5, 0.6) is 0 Å². The number of nitrogens with two attached hydrogens (primary N) is 1. The molecular weight excluding hydrogens is 93.1 g/mol. The van der Waals surface area contributed by atoms with Gasteiger partial charge in [-0.3, -0.25) is 0 Å². The van der Waals surface area contributed by atoms with Gasteiger partial charge in [-0.15, -0.1) is 0 Å². The maximum atomic E-state index is 12.1. The van der Waals surface area contributed by atoms with Gasteiger partial charge >= 0.3 is 0 Å². The summed E-state index contributed by atoms with van der Waals surface area (Å²) in [7, 11) is 0. The van der Waals surface area contributed by atoms with Gasteiger partial charge in [0.1, 0.15) is 6.17 Å². The predicted octanol–water partition coefficient (Wildman–Crippen LogP) is 1.08. The molecule has 0 heterocycles. The van der Waals surface area contributed by atoms with E-state index in [4.69, 9.17) is 5.73 Å². The Kier molecular flexibility index (Phi) is 2.92. The summed E-state index contributed by atoms with van der Waals surface area (Å²) >= 11 is 0. The summed E-state index contributed by atoms with van der Waals surface area (Å²) in [6.45, 7) is 3.46. The van der Waals surface area contributed by atoms with Gasteiger partial charge in [-0.1, -0.05) is 6.92 Å². The highest BCUT2D eigenvalue weighted by atomic mass is 19.1. The summed E-state index contributed by atoms with van der Waals surface area (Å²) < 4.78 is 12.1. The molecule has 44 valence electrons. The minimum Gasteiger partial charge on any atom is -0.325 e. The molecule has 0 bridgehead atoms. The van der Waals surface area contributed by atoms with Gasteiger partial charge in [-0.25, -0.2) is 4.39 Å². The molecule has 7 heavy (non-hydrogen) atoms. The monoisotopic (exact) mass is 105 g/mol. The Morgan fingerprint density at radius 2 is 2.14 bits per heavy atom. The second-order valence-corrected chi connectivity index (χ2v) is 1.78. The van der Waals surface area contributed by atoms with Crippen molar-refractivity contribution in [3.05, 3.63) is 0 Å². The van der Waals surface area contributed by atoms with Crippen molar-refractivity contribution in [2.75, 3.05) is 0 Å². The van der Waals surface area contributed by atoms with Crippen LogP contribution in [0.2, 0.25) is 0 Å². The average Bonchev–Trinajstić information content (AvgIpc) is 1.65. The van der Waals surface area contributed by atoms with E-state index in [9.17, 15) is 4.39 Å². The molecule has 0 radical (unpaired) electrons. The Hall–Kier alpha value is -0.110. The third kappa shape index (κ3) is 2.57. The van der Waals surface area contributed by atoms with E-state index in [0.717, 1.165) is 0 Å². The molecule has 2 N–H and O–H groups in total. The molecule has 0 aliphatic rings. The molecular formula is C5H12FN. The average molecular weight is 105 g/mol. The van der Waals surface area contributed by atoms with E-state index in [1.165, 1.54) is 0 Å². The molecule has 2 atom stereocenters. The molecule has 1 nitrogen and oxygen atoms in total. The van der Waals surface area contributed by atoms with E-state index in [-0.39, 0.29) is 6.04 Å². The van der Waals surface area contributed by atoms with Crippen molar-refractivity contribution in [3.8, 4) is 0 Å². The lowest BCUT2D eigenvalue weighted by atomic mass is 10.2. The summed E-state index contributed by atoms with van der Waals surface area (Å²) in [6, 6.07) is -0.301. The van der Waals surface area contributed by atoms with Gasteiger partial charge in [0.15, 0.2) is 0 Å². The first-order valence-electron chi connectivity index (χ1n) is 2.58. The summed E-state index contributed by atoms with van der Waals surface area (Å²) in [6.07, 6.45) is -0.294. The third-order valence-electron chi connectivity index (χ3n) is 0.961. The van der Waals surface area contributed by atoms with Gasteiger partial charge in [0.2, 0.25) is 0 Å². The fourth-order valence-electron chi connectivity index (χ4n) is 0.372. The van der Waals surface area contributed by atoms with Crippen molar-refractivity contribution >= 4 is 0 Å².